The Morgan fingerprint density at radius 2 is 1.62 bits per heavy atom. The van der Waals surface area contributed by atoms with Crippen LogP contribution in [0.25, 0.3) is 0 Å². The lowest BCUT2D eigenvalue weighted by molar-refractivity contribution is -0.384. The number of imide groups is 1. The Balaban J connectivity index is 1.39. The molecule has 0 bridgehead atoms. The number of fused-ring (bicyclic) bond motifs is 2. The van der Waals surface area contributed by atoms with E-state index in [4.69, 9.17) is 4.74 Å². The fourth-order valence-electron chi connectivity index (χ4n) is 6.09. The lowest BCUT2D eigenvalue weighted by Gasteiger charge is -2.31. The second-order valence-electron chi connectivity index (χ2n) is 11.0. The van der Waals surface area contributed by atoms with Gasteiger partial charge >= 0.3 is 4.87 Å². The van der Waals surface area contributed by atoms with Crippen LogP contribution < -0.4 is 24.7 Å². The number of amides is 3. The number of hydrogen-bond donors (Lipinski definition) is 1. The van der Waals surface area contributed by atoms with Crippen molar-refractivity contribution in [1.82, 2.24) is 4.57 Å². The minimum Gasteiger partial charge on any atom is -0.497 e. The molecular formula is C33H31N5O7S2. The van der Waals surface area contributed by atoms with Crippen LogP contribution in [0.5, 0.6) is 5.75 Å². The van der Waals surface area contributed by atoms with Gasteiger partial charge in [0.15, 0.2) is 0 Å². The highest BCUT2D eigenvalue weighted by atomic mass is 32.2. The third kappa shape index (κ3) is 5.89. The first-order valence-electron chi connectivity index (χ1n) is 15.0. The summed E-state index contributed by atoms with van der Waals surface area (Å²) in [6.07, 6.45) is 0. The van der Waals surface area contributed by atoms with E-state index in [-0.39, 0.29) is 22.8 Å². The number of nitrogens with one attached hydrogen (secondary N) is 1. The summed E-state index contributed by atoms with van der Waals surface area (Å²) in [6, 6.07) is 19.9. The minimum absolute atomic E-state index is 0.162. The van der Waals surface area contributed by atoms with E-state index in [1.54, 1.807) is 31.4 Å². The first-order valence-corrected chi connectivity index (χ1v) is 16.7. The van der Waals surface area contributed by atoms with Crippen molar-refractivity contribution in [3.63, 3.8) is 0 Å². The van der Waals surface area contributed by atoms with Gasteiger partial charge in [0, 0.05) is 47.4 Å². The van der Waals surface area contributed by atoms with Crippen molar-refractivity contribution in [2.24, 2.45) is 5.92 Å². The Hall–Kier alpha value is -4.95. The summed E-state index contributed by atoms with van der Waals surface area (Å²) in [5.41, 5.74) is 2.37. The summed E-state index contributed by atoms with van der Waals surface area (Å²) < 4.78 is 6.54. The predicted molar refractivity (Wildman–Crippen MR) is 181 cm³/mol. The van der Waals surface area contributed by atoms with Crippen LogP contribution >= 0.6 is 23.1 Å². The molecule has 1 aromatic heterocycles. The zero-order chi connectivity index (χ0) is 33.4. The van der Waals surface area contributed by atoms with E-state index in [1.807, 2.05) is 24.3 Å². The smallest absolute Gasteiger partial charge is 0.308 e. The summed E-state index contributed by atoms with van der Waals surface area (Å²) in [4.78, 5) is 68.9. The average molecular weight is 674 g/mol. The molecule has 4 aromatic rings. The third-order valence-electron chi connectivity index (χ3n) is 8.42. The molecule has 3 amide bonds. The van der Waals surface area contributed by atoms with Crippen molar-refractivity contribution in [2.45, 2.75) is 36.6 Å². The number of anilines is 3. The van der Waals surface area contributed by atoms with E-state index < -0.39 is 39.7 Å². The fourth-order valence-corrected chi connectivity index (χ4v) is 8.87. The van der Waals surface area contributed by atoms with Crippen molar-refractivity contribution >= 4 is 63.6 Å². The van der Waals surface area contributed by atoms with Crippen LogP contribution in [0.4, 0.5) is 22.7 Å². The van der Waals surface area contributed by atoms with Gasteiger partial charge in [0.05, 0.1) is 28.7 Å². The molecule has 3 heterocycles. The molecule has 242 valence electrons. The zero-order valence-corrected chi connectivity index (χ0v) is 27.4. The molecule has 47 heavy (non-hydrogen) atoms. The number of hydrogen-bond acceptors (Lipinski definition) is 10. The van der Waals surface area contributed by atoms with Gasteiger partial charge in [-0.1, -0.05) is 35.2 Å². The summed E-state index contributed by atoms with van der Waals surface area (Å²) in [5.74, 6) is -2.20. The maximum Gasteiger partial charge on any atom is 0.308 e. The average Bonchev–Trinajstić information content (AvgIpc) is 3.52. The number of nitro groups is 1. The van der Waals surface area contributed by atoms with Crippen LogP contribution in [0, 0.1) is 16.0 Å². The number of ether oxygens (including phenoxy) is 1. The SMILES string of the molecule is CCN(CC)c1ccc([C@H]2c3sc(=O)n(CC(=O)Nc4ccc(OC)cc4)c3SC3C(=O)N(c4ccc([N+](=O)[O-])cc4)C(=O)C32)cc1. The van der Waals surface area contributed by atoms with E-state index in [1.165, 1.54) is 28.8 Å². The molecule has 3 atom stereocenters. The van der Waals surface area contributed by atoms with Crippen molar-refractivity contribution < 1.29 is 24.0 Å². The normalized spacial score (nSPS) is 18.4. The summed E-state index contributed by atoms with van der Waals surface area (Å²) in [5, 5.41) is 13.6. The van der Waals surface area contributed by atoms with Crippen LogP contribution in [0.2, 0.25) is 0 Å². The predicted octanol–water partition coefficient (Wildman–Crippen LogP) is 5.11. The van der Waals surface area contributed by atoms with E-state index >= 15 is 0 Å². The summed E-state index contributed by atoms with van der Waals surface area (Å²) >= 11 is 2.08. The molecule has 1 N–H and O–H groups in total. The topological polar surface area (TPSA) is 144 Å². The molecule has 0 aliphatic carbocycles. The molecule has 2 unspecified atom stereocenters. The van der Waals surface area contributed by atoms with Gasteiger partial charge in [-0.05, 0) is 67.9 Å². The van der Waals surface area contributed by atoms with E-state index in [9.17, 15) is 29.3 Å². The van der Waals surface area contributed by atoms with Gasteiger partial charge in [0.2, 0.25) is 17.7 Å². The second-order valence-corrected chi connectivity index (χ2v) is 13.1. The summed E-state index contributed by atoms with van der Waals surface area (Å²) in [6.45, 7) is 5.46. The van der Waals surface area contributed by atoms with E-state index in [2.05, 4.69) is 24.1 Å². The van der Waals surface area contributed by atoms with Crippen LogP contribution in [0.3, 0.4) is 0 Å². The number of benzene rings is 3. The Bertz CT molecular complexity index is 1900. The van der Waals surface area contributed by atoms with Crippen molar-refractivity contribution in [1.29, 1.82) is 0 Å². The summed E-state index contributed by atoms with van der Waals surface area (Å²) in [7, 11) is 1.54. The lowest BCUT2D eigenvalue weighted by Crippen LogP contribution is -2.33. The Morgan fingerprint density at radius 3 is 2.21 bits per heavy atom. The molecular weight excluding hydrogens is 643 g/mol. The number of thioether (sulfide) groups is 1. The molecule has 2 aliphatic heterocycles. The molecule has 0 radical (unpaired) electrons. The largest absolute Gasteiger partial charge is 0.497 e. The van der Waals surface area contributed by atoms with E-state index in [0.29, 0.717) is 21.3 Å². The van der Waals surface area contributed by atoms with Crippen LogP contribution in [-0.2, 0) is 20.9 Å². The number of methoxy groups -OCH3 is 1. The molecule has 1 saturated heterocycles. The number of nitro benzene ring substituents is 1. The molecule has 1 fully saturated rings. The monoisotopic (exact) mass is 673 g/mol. The Labute approximate surface area is 278 Å². The number of non-ortho nitro benzene ring substituents is 1. The van der Waals surface area contributed by atoms with Crippen LogP contribution in [-0.4, -0.2) is 52.7 Å². The number of carbonyl (C=O) groups is 3. The minimum atomic E-state index is -0.887. The maximum absolute atomic E-state index is 14.1. The van der Waals surface area contributed by atoms with E-state index in [0.717, 1.165) is 52.3 Å². The maximum atomic E-state index is 14.1. The number of aromatic nitrogens is 1. The molecule has 6 rings (SSSR count). The fraction of sp³-hybridized carbons (Fsp3) is 0.273. The number of carbonyl (C=O) groups excluding carboxylic acids is 3. The molecule has 12 nitrogen and oxygen atoms in total. The molecule has 14 heteroatoms. The highest BCUT2D eigenvalue weighted by Gasteiger charge is 2.56. The van der Waals surface area contributed by atoms with Crippen molar-refractivity contribution in [2.75, 3.05) is 35.3 Å². The number of thiazole rings is 1. The van der Waals surface area contributed by atoms with Crippen molar-refractivity contribution in [3.8, 4) is 5.75 Å². The van der Waals surface area contributed by atoms with Crippen LogP contribution in [0.1, 0.15) is 30.2 Å². The van der Waals surface area contributed by atoms with Gasteiger partial charge in [-0.15, -0.1) is 0 Å². The lowest BCUT2D eigenvalue weighted by atomic mass is 9.83. The van der Waals surface area contributed by atoms with Crippen LogP contribution in [0.15, 0.2) is 82.6 Å². The van der Waals surface area contributed by atoms with Crippen molar-refractivity contribution in [3.05, 3.63) is 103 Å². The second kappa shape index (κ2) is 13.0. The van der Waals surface area contributed by atoms with Gasteiger partial charge in [-0.25, -0.2) is 4.90 Å². The third-order valence-corrected chi connectivity index (χ3v) is 11.0. The zero-order valence-electron chi connectivity index (χ0n) is 25.7. The molecule has 0 spiro atoms. The quantitative estimate of drug-likeness (QED) is 0.138. The Morgan fingerprint density at radius 1 is 0.957 bits per heavy atom. The number of rotatable bonds is 10. The van der Waals surface area contributed by atoms with Gasteiger partial charge in [0.25, 0.3) is 5.69 Å². The van der Waals surface area contributed by atoms with Gasteiger partial charge in [-0.3, -0.25) is 33.9 Å². The number of nitrogens with zero attached hydrogens (tertiary/aromatic N) is 4. The first kappa shape index (κ1) is 32.0. The molecule has 0 saturated carbocycles. The standard InChI is InChI=1S/C33H31N5O7S2/c1-4-35(5-2)21-10-6-19(7-11-21)26-27-28(31(41)37(30(27)40)22-12-14-23(15-13-22)38(43)44)46-32-29(26)47-33(42)36(32)18-25(39)34-20-8-16-24(45-3)17-9-20/h6-17,26-28H,4-5,18H2,1-3H3,(H,34,39)/t26-,27?,28?/m1/s1. The highest BCUT2D eigenvalue weighted by molar-refractivity contribution is 8.00. The first-order chi connectivity index (χ1) is 22.6. The van der Waals surface area contributed by atoms with Gasteiger partial charge < -0.3 is 15.0 Å². The van der Waals surface area contributed by atoms with Gasteiger partial charge in [-0.2, -0.15) is 0 Å². The molecule has 2 aliphatic rings. The van der Waals surface area contributed by atoms with Gasteiger partial charge in [0.1, 0.15) is 17.5 Å². The Kier molecular flexibility index (Phi) is 8.88. The highest BCUT2D eigenvalue weighted by Crippen LogP contribution is 2.54. The molecule has 3 aromatic carbocycles.